The van der Waals surface area contributed by atoms with Crippen LogP contribution in [0.2, 0.25) is 0 Å². The van der Waals surface area contributed by atoms with E-state index in [4.69, 9.17) is 9.47 Å². The molecule has 2 N–H and O–H groups in total. The Morgan fingerprint density at radius 1 is 1.19 bits per heavy atom. The quantitative estimate of drug-likeness (QED) is 0.641. The molecule has 1 heterocycles. The monoisotopic (exact) mass is 432 g/mol. The lowest BCUT2D eigenvalue weighted by Gasteiger charge is -2.34. The molecule has 1 saturated carbocycles. The second kappa shape index (κ2) is 9.68. The van der Waals surface area contributed by atoms with Crippen LogP contribution in [0.3, 0.4) is 0 Å². The number of nitrogens with one attached hydrogen (secondary N) is 1. The minimum absolute atomic E-state index is 0.0255. The van der Waals surface area contributed by atoms with Gasteiger partial charge in [-0.15, -0.1) is 0 Å². The third-order valence-electron chi connectivity index (χ3n) is 5.67. The Morgan fingerprint density at radius 2 is 1.90 bits per heavy atom. The summed E-state index contributed by atoms with van der Waals surface area (Å²) in [4.78, 5) is 39.5. The van der Waals surface area contributed by atoms with Crippen molar-refractivity contribution in [1.82, 2.24) is 10.2 Å². The van der Waals surface area contributed by atoms with E-state index in [0.717, 1.165) is 24.8 Å². The molecule has 1 aromatic carbocycles. The molecule has 0 radical (unpaired) electrons. The number of rotatable bonds is 7. The topological polar surface area (TPSA) is 105 Å². The van der Waals surface area contributed by atoms with Crippen molar-refractivity contribution in [3.05, 3.63) is 35.9 Å². The molecule has 8 heteroatoms. The van der Waals surface area contributed by atoms with Crippen molar-refractivity contribution in [2.24, 2.45) is 5.92 Å². The maximum atomic E-state index is 13.0. The van der Waals surface area contributed by atoms with Gasteiger partial charge in [0, 0.05) is 6.04 Å². The van der Waals surface area contributed by atoms with Crippen LogP contribution in [0.25, 0.3) is 0 Å². The van der Waals surface area contributed by atoms with Crippen LogP contribution < -0.4 is 5.32 Å². The highest BCUT2D eigenvalue weighted by atomic mass is 16.6. The number of hydrogen-bond donors (Lipinski definition) is 2. The molecule has 0 spiro atoms. The van der Waals surface area contributed by atoms with E-state index < -0.39 is 36.4 Å². The lowest BCUT2D eigenvalue weighted by molar-refractivity contribution is -0.155. The average Bonchev–Trinajstić information content (AvgIpc) is 3.32. The fourth-order valence-corrected chi connectivity index (χ4v) is 4.41. The predicted molar refractivity (Wildman–Crippen MR) is 113 cm³/mol. The molecule has 2 fully saturated rings. The summed E-state index contributed by atoms with van der Waals surface area (Å²) >= 11 is 0. The summed E-state index contributed by atoms with van der Waals surface area (Å²) in [5.74, 6) is -0.819. The van der Waals surface area contributed by atoms with Gasteiger partial charge >= 0.3 is 12.1 Å². The highest BCUT2D eigenvalue weighted by molar-refractivity contribution is 5.87. The highest BCUT2D eigenvalue weighted by Crippen LogP contribution is 2.43. The second-order valence-electron chi connectivity index (χ2n) is 9.30. The number of likely N-dealkylation sites (tertiary alicyclic amines) is 1. The fraction of sp³-hybridized carbons (Fsp3) is 0.609. The van der Waals surface area contributed by atoms with E-state index >= 15 is 0 Å². The van der Waals surface area contributed by atoms with Crippen molar-refractivity contribution in [3.8, 4) is 0 Å². The summed E-state index contributed by atoms with van der Waals surface area (Å²) < 4.78 is 10.8. The van der Waals surface area contributed by atoms with Gasteiger partial charge in [0.1, 0.15) is 18.2 Å². The smallest absolute Gasteiger partial charge is 0.411 e. The largest absolute Gasteiger partial charge is 0.460 e. The van der Waals surface area contributed by atoms with Gasteiger partial charge < -0.3 is 19.9 Å². The number of carbonyl (C=O) groups is 3. The average molecular weight is 433 g/mol. The van der Waals surface area contributed by atoms with Crippen molar-refractivity contribution in [2.75, 3.05) is 6.61 Å². The third-order valence-corrected chi connectivity index (χ3v) is 5.67. The van der Waals surface area contributed by atoms with Gasteiger partial charge in [0.2, 0.25) is 5.91 Å². The summed E-state index contributed by atoms with van der Waals surface area (Å²) in [6.07, 6.45) is 1.81. The zero-order chi connectivity index (χ0) is 22.6. The Balaban J connectivity index is 1.61. The molecule has 3 unspecified atom stereocenters. The molecule has 8 nitrogen and oxygen atoms in total. The lowest BCUT2D eigenvalue weighted by Crippen LogP contribution is -2.55. The molecule has 2 aliphatic rings. The number of piperidine rings is 1. The van der Waals surface area contributed by atoms with Crippen LogP contribution in [0.5, 0.6) is 0 Å². The van der Waals surface area contributed by atoms with Crippen LogP contribution in [0.4, 0.5) is 4.79 Å². The summed E-state index contributed by atoms with van der Waals surface area (Å²) in [5.41, 5.74) is 0.226. The van der Waals surface area contributed by atoms with Gasteiger partial charge in [-0.05, 0) is 51.5 Å². The Kier molecular flexibility index (Phi) is 7.20. The molecule has 31 heavy (non-hydrogen) atoms. The number of amides is 2. The summed E-state index contributed by atoms with van der Waals surface area (Å²) in [5, 5.41) is 12.4. The molecule has 1 aromatic rings. The summed E-state index contributed by atoms with van der Waals surface area (Å²) in [6, 6.07) is 7.92. The van der Waals surface area contributed by atoms with Crippen molar-refractivity contribution in [2.45, 2.75) is 76.8 Å². The summed E-state index contributed by atoms with van der Waals surface area (Å²) in [6.45, 7) is 5.01. The van der Waals surface area contributed by atoms with Crippen LogP contribution in [0.1, 0.15) is 52.0 Å². The number of ether oxygens (including phenoxy) is 2. The van der Waals surface area contributed by atoms with Gasteiger partial charge in [0.15, 0.2) is 0 Å². The van der Waals surface area contributed by atoms with Crippen molar-refractivity contribution >= 4 is 18.0 Å². The fourth-order valence-electron chi connectivity index (χ4n) is 4.41. The first-order valence-corrected chi connectivity index (χ1v) is 10.8. The second-order valence-corrected chi connectivity index (χ2v) is 9.30. The molecule has 1 aliphatic heterocycles. The Hall–Kier alpha value is -2.61. The van der Waals surface area contributed by atoms with E-state index in [0.29, 0.717) is 0 Å². The molecule has 3 rings (SSSR count). The number of benzene rings is 1. The first kappa shape index (κ1) is 23.1. The van der Waals surface area contributed by atoms with E-state index in [-0.39, 0.29) is 30.9 Å². The molecule has 170 valence electrons. The molecule has 1 aliphatic carbocycles. The lowest BCUT2D eigenvalue weighted by atomic mass is 9.97. The van der Waals surface area contributed by atoms with Crippen LogP contribution >= 0.6 is 0 Å². The number of carbonyl (C=O) groups excluding carboxylic acids is 3. The van der Waals surface area contributed by atoms with Crippen LogP contribution in [0, 0.1) is 5.92 Å². The molecule has 1 saturated heterocycles. The van der Waals surface area contributed by atoms with E-state index in [1.165, 1.54) is 4.90 Å². The van der Waals surface area contributed by atoms with Crippen molar-refractivity contribution in [1.29, 1.82) is 0 Å². The molecule has 2 amide bonds. The van der Waals surface area contributed by atoms with Crippen LogP contribution in [-0.4, -0.2) is 58.3 Å². The standard InChI is InChI=1S/C23H32N2O6/c1-23(2,3)31-19(27)12-17(13-26)24-21(28)20-16-9-10-18(11-16)25(20)22(29)30-14-15-7-5-4-6-8-15/h4-8,16-18,20,26H,9-14H2,1-3H3,(H,24,28)/t16?,17-,18?,20?/m0/s1. The number of hydrogen-bond acceptors (Lipinski definition) is 6. The number of fused-ring (bicyclic) bond motifs is 2. The maximum absolute atomic E-state index is 13.0. The van der Waals surface area contributed by atoms with Gasteiger partial charge in [-0.2, -0.15) is 0 Å². The molecular formula is C23H32N2O6. The van der Waals surface area contributed by atoms with Gasteiger partial charge in [0.05, 0.1) is 19.1 Å². The number of nitrogens with zero attached hydrogens (tertiary/aromatic N) is 1. The van der Waals surface area contributed by atoms with E-state index in [1.54, 1.807) is 20.8 Å². The van der Waals surface area contributed by atoms with Gasteiger partial charge in [-0.25, -0.2) is 4.79 Å². The first-order valence-electron chi connectivity index (χ1n) is 10.8. The number of aliphatic hydroxyl groups is 1. The normalized spacial score (nSPS) is 23.4. The first-order chi connectivity index (χ1) is 14.7. The van der Waals surface area contributed by atoms with Crippen LogP contribution in [0.15, 0.2) is 30.3 Å². The van der Waals surface area contributed by atoms with Crippen molar-refractivity contribution in [3.63, 3.8) is 0 Å². The molecule has 4 atom stereocenters. The van der Waals surface area contributed by atoms with Gasteiger partial charge in [-0.3, -0.25) is 14.5 Å². The molecule has 2 bridgehead atoms. The Morgan fingerprint density at radius 3 is 2.55 bits per heavy atom. The van der Waals surface area contributed by atoms with Gasteiger partial charge in [-0.1, -0.05) is 30.3 Å². The Bertz CT molecular complexity index is 791. The number of aliphatic hydroxyl groups excluding tert-OH is 1. The third kappa shape index (κ3) is 5.97. The van der Waals surface area contributed by atoms with Crippen LogP contribution in [-0.2, 0) is 25.7 Å². The maximum Gasteiger partial charge on any atom is 0.411 e. The molecule has 0 aromatic heterocycles. The zero-order valence-electron chi connectivity index (χ0n) is 18.4. The minimum atomic E-state index is -0.774. The Labute approximate surface area is 182 Å². The predicted octanol–water partition coefficient (Wildman–Crippen LogP) is 2.38. The van der Waals surface area contributed by atoms with E-state index in [2.05, 4.69) is 5.32 Å². The highest BCUT2D eigenvalue weighted by Gasteiger charge is 2.52. The zero-order valence-corrected chi connectivity index (χ0v) is 18.4. The number of esters is 1. The molecular weight excluding hydrogens is 400 g/mol. The van der Waals surface area contributed by atoms with E-state index in [9.17, 15) is 19.5 Å². The minimum Gasteiger partial charge on any atom is -0.460 e. The van der Waals surface area contributed by atoms with Gasteiger partial charge in [0.25, 0.3) is 0 Å². The SMILES string of the molecule is CC(C)(C)OC(=O)C[C@@H](CO)NC(=O)C1C2CCC(C2)N1C(=O)OCc1ccccc1. The summed E-state index contributed by atoms with van der Waals surface area (Å²) in [7, 11) is 0. The van der Waals surface area contributed by atoms with Crippen molar-refractivity contribution < 1.29 is 29.0 Å². The van der Waals surface area contributed by atoms with E-state index in [1.807, 2.05) is 30.3 Å².